The van der Waals surface area contributed by atoms with E-state index in [2.05, 4.69) is 39.8 Å². The third-order valence-electron chi connectivity index (χ3n) is 3.98. The normalized spacial score (nSPS) is 17.9. The summed E-state index contributed by atoms with van der Waals surface area (Å²) in [4.78, 5) is 2.40. The molecule has 23 heavy (non-hydrogen) atoms. The standard InChI is InChI=1S/C18H20FN3S/c19-16-8-4-5-9-17(16)21-18(23)20-15-10-11-22(13-15)12-14-6-2-1-3-7-14/h1-9,15H,10-13H2,(H2,20,21,23)/t15-/m0/s1. The molecule has 2 N–H and O–H groups in total. The van der Waals surface area contributed by atoms with Crippen LogP contribution in [0, 0.1) is 5.82 Å². The van der Waals surface area contributed by atoms with Crippen molar-refractivity contribution in [1.29, 1.82) is 0 Å². The molecule has 3 nitrogen and oxygen atoms in total. The van der Waals surface area contributed by atoms with E-state index in [1.54, 1.807) is 18.2 Å². The van der Waals surface area contributed by atoms with Crippen LogP contribution in [0.3, 0.4) is 0 Å². The Morgan fingerprint density at radius 3 is 2.65 bits per heavy atom. The molecule has 1 saturated heterocycles. The number of para-hydroxylation sites is 1. The summed E-state index contributed by atoms with van der Waals surface area (Å²) in [5.41, 5.74) is 1.73. The first-order chi connectivity index (χ1) is 11.2. The van der Waals surface area contributed by atoms with Crippen LogP contribution in [0.5, 0.6) is 0 Å². The summed E-state index contributed by atoms with van der Waals surface area (Å²) in [5.74, 6) is -0.297. The van der Waals surface area contributed by atoms with Crippen LogP contribution in [-0.2, 0) is 6.54 Å². The first-order valence-electron chi connectivity index (χ1n) is 7.79. The van der Waals surface area contributed by atoms with Gasteiger partial charge in [-0.2, -0.15) is 0 Å². The van der Waals surface area contributed by atoms with E-state index in [1.165, 1.54) is 11.6 Å². The van der Waals surface area contributed by atoms with Crippen LogP contribution in [0.2, 0.25) is 0 Å². The van der Waals surface area contributed by atoms with Gasteiger partial charge in [0.1, 0.15) is 5.82 Å². The fraction of sp³-hybridized carbons (Fsp3) is 0.278. The predicted molar refractivity (Wildman–Crippen MR) is 95.9 cm³/mol. The molecule has 0 spiro atoms. The molecule has 1 heterocycles. The summed E-state index contributed by atoms with van der Waals surface area (Å²) in [6.45, 7) is 2.93. The maximum Gasteiger partial charge on any atom is 0.171 e. The van der Waals surface area contributed by atoms with Crippen molar-refractivity contribution >= 4 is 23.0 Å². The van der Waals surface area contributed by atoms with Gasteiger partial charge >= 0.3 is 0 Å². The molecule has 1 aliphatic rings. The number of hydrogen-bond donors (Lipinski definition) is 2. The average Bonchev–Trinajstić information content (AvgIpc) is 2.97. The Kier molecular flexibility index (Phi) is 5.20. The number of benzene rings is 2. The Labute approximate surface area is 141 Å². The Bertz CT molecular complexity index is 662. The van der Waals surface area contributed by atoms with Crippen LogP contribution in [0.4, 0.5) is 10.1 Å². The Morgan fingerprint density at radius 2 is 1.87 bits per heavy atom. The topological polar surface area (TPSA) is 27.3 Å². The lowest BCUT2D eigenvalue weighted by Gasteiger charge is -2.18. The maximum atomic E-state index is 13.6. The summed E-state index contributed by atoms with van der Waals surface area (Å²) < 4.78 is 13.6. The smallest absolute Gasteiger partial charge is 0.171 e. The minimum atomic E-state index is -0.297. The van der Waals surface area contributed by atoms with E-state index < -0.39 is 0 Å². The zero-order valence-electron chi connectivity index (χ0n) is 12.8. The average molecular weight is 329 g/mol. The van der Waals surface area contributed by atoms with E-state index in [1.807, 2.05) is 6.07 Å². The molecule has 0 amide bonds. The second kappa shape index (κ2) is 7.53. The van der Waals surface area contributed by atoms with E-state index in [0.29, 0.717) is 16.8 Å². The van der Waals surface area contributed by atoms with E-state index >= 15 is 0 Å². The van der Waals surface area contributed by atoms with Crippen molar-refractivity contribution in [3.8, 4) is 0 Å². The molecule has 1 fully saturated rings. The molecule has 0 bridgehead atoms. The van der Waals surface area contributed by atoms with Crippen molar-refractivity contribution in [1.82, 2.24) is 10.2 Å². The zero-order chi connectivity index (χ0) is 16.1. The molecule has 2 aromatic rings. The first-order valence-corrected chi connectivity index (χ1v) is 8.20. The van der Waals surface area contributed by atoms with Gasteiger partial charge in [0, 0.05) is 25.7 Å². The molecule has 3 rings (SSSR count). The molecule has 1 aliphatic heterocycles. The van der Waals surface area contributed by atoms with Gasteiger partial charge in [0.25, 0.3) is 0 Å². The number of nitrogens with one attached hydrogen (secondary N) is 2. The van der Waals surface area contributed by atoms with Crippen LogP contribution in [0.25, 0.3) is 0 Å². The fourth-order valence-electron chi connectivity index (χ4n) is 2.84. The van der Waals surface area contributed by atoms with Crippen molar-refractivity contribution in [2.45, 2.75) is 19.0 Å². The van der Waals surface area contributed by atoms with Gasteiger partial charge in [-0.05, 0) is 36.3 Å². The molecular formula is C18H20FN3S. The van der Waals surface area contributed by atoms with E-state index in [0.717, 1.165) is 26.1 Å². The summed E-state index contributed by atoms with van der Waals surface area (Å²) in [6, 6.07) is 17.3. The SMILES string of the molecule is Fc1ccccc1NC(=S)N[C@H]1CCN(Cc2ccccc2)C1. The minimum absolute atomic E-state index is 0.297. The largest absolute Gasteiger partial charge is 0.358 e. The van der Waals surface area contributed by atoms with Gasteiger partial charge in [0.2, 0.25) is 0 Å². The van der Waals surface area contributed by atoms with Crippen LogP contribution in [-0.4, -0.2) is 29.1 Å². The van der Waals surface area contributed by atoms with E-state index in [-0.39, 0.29) is 5.82 Å². The number of anilines is 1. The zero-order valence-corrected chi connectivity index (χ0v) is 13.7. The highest BCUT2D eigenvalue weighted by Crippen LogP contribution is 2.15. The van der Waals surface area contributed by atoms with Crippen molar-refractivity contribution in [2.24, 2.45) is 0 Å². The fourth-order valence-corrected chi connectivity index (χ4v) is 3.12. The summed E-state index contributed by atoms with van der Waals surface area (Å²) in [6.07, 6.45) is 1.03. The minimum Gasteiger partial charge on any atom is -0.358 e. The predicted octanol–water partition coefficient (Wildman–Crippen LogP) is 3.39. The molecule has 0 aliphatic carbocycles. The number of nitrogens with zero attached hydrogens (tertiary/aromatic N) is 1. The lowest BCUT2D eigenvalue weighted by molar-refractivity contribution is 0.324. The monoisotopic (exact) mass is 329 g/mol. The van der Waals surface area contributed by atoms with Crippen molar-refractivity contribution in [2.75, 3.05) is 18.4 Å². The molecule has 0 aromatic heterocycles. The van der Waals surface area contributed by atoms with Gasteiger partial charge in [-0.15, -0.1) is 0 Å². The molecule has 120 valence electrons. The van der Waals surface area contributed by atoms with E-state index in [4.69, 9.17) is 12.2 Å². The molecule has 0 saturated carbocycles. The number of likely N-dealkylation sites (tertiary alicyclic amines) is 1. The summed E-state index contributed by atoms with van der Waals surface area (Å²) in [7, 11) is 0. The molecular weight excluding hydrogens is 309 g/mol. The quantitative estimate of drug-likeness (QED) is 0.841. The number of rotatable bonds is 4. The van der Waals surface area contributed by atoms with Crippen LogP contribution in [0.15, 0.2) is 54.6 Å². The van der Waals surface area contributed by atoms with Gasteiger partial charge in [0.05, 0.1) is 5.69 Å². The highest BCUT2D eigenvalue weighted by molar-refractivity contribution is 7.80. The van der Waals surface area contributed by atoms with Gasteiger partial charge in [-0.1, -0.05) is 42.5 Å². The number of thiocarbonyl (C=S) groups is 1. The van der Waals surface area contributed by atoms with E-state index in [9.17, 15) is 4.39 Å². The van der Waals surface area contributed by atoms with Crippen molar-refractivity contribution in [3.05, 3.63) is 66.0 Å². The summed E-state index contributed by atoms with van der Waals surface area (Å²) in [5, 5.41) is 6.68. The molecule has 1 atom stereocenters. The van der Waals surface area contributed by atoms with Crippen LogP contribution < -0.4 is 10.6 Å². The Balaban J connectivity index is 1.48. The maximum absolute atomic E-state index is 13.6. The van der Waals surface area contributed by atoms with Crippen LogP contribution in [0.1, 0.15) is 12.0 Å². The highest BCUT2D eigenvalue weighted by Gasteiger charge is 2.23. The lowest BCUT2D eigenvalue weighted by atomic mass is 10.2. The summed E-state index contributed by atoms with van der Waals surface area (Å²) >= 11 is 5.29. The number of halogens is 1. The van der Waals surface area contributed by atoms with Crippen molar-refractivity contribution in [3.63, 3.8) is 0 Å². The van der Waals surface area contributed by atoms with Gasteiger partial charge in [0.15, 0.2) is 5.11 Å². The highest BCUT2D eigenvalue weighted by atomic mass is 32.1. The van der Waals surface area contributed by atoms with Gasteiger partial charge in [-0.25, -0.2) is 4.39 Å². The molecule has 0 unspecified atom stereocenters. The Morgan fingerprint density at radius 1 is 1.13 bits per heavy atom. The third-order valence-corrected chi connectivity index (χ3v) is 4.20. The molecule has 0 radical (unpaired) electrons. The second-order valence-corrected chi connectivity index (χ2v) is 6.19. The Hall–Kier alpha value is -1.98. The van der Waals surface area contributed by atoms with Crippen LogP contribution >= 0.6 is 12.2 Å². The first kappa shape index (κ1) is 15.9. The molecule has 2 aromatic carbocycles. The third kappa shape index (κ3) is 4.50. The van der Waals surface area contributed by atoms with Gasteiger partial charge < -0.3 is 10.6 Å². The van der Waals surface area contributed by atoms with Gasteiger partial charge in [-0.3, -0.25) is 4.90 Å². The molecule has 5 heteroatoms. The second-order valence-electron chi connectivity index (χ2n) is 5.78. The van der Waals surface area contributed by atoms with Crippen molar-refractivity contribution < 1.29 is 4.39 Å². The number of hydrogen-bond acceptors (Lipinski definition) is 2. The lowest BCUT2D eigenvalue weighted by Crippen LogP contribution is -2.39.